The normalized spacial score (nSPS) is 30.0. The predicted molar refractivity (Wildman–Crippen MR) is 70.7 cm³/mol. The summed E-state index contributed by atoms with van der Waals surface area (Å²) in [5.74, 6) is 0. The third-order valence-electron chi connectivity index (χ3n) is 0.658. The molecule has 0 aromatic rings. The third-order valence-corrected chi connectivity index (χ3v) is 88.4. The van der Waals surface area contributed by atoms with Crippen LogP contribution >= 0.6 is 68.9 Å². The molecule has 0 bridgehead atoms. The van der Waals surface area contributed by atoms with Crippen molar-refractivity contribution in [2.75, 3.05) is 7.30 Å². The Balaban J connectivity index is 2.23. The zero-order chi connectivity index (χ0) is 6.69. The van der Waals surface area contributed by atoms with E-state index in [1.165, 1.54) is 0 Å². The summed E-state index contributed by atoms with van der Waals surface area (Å²) in [7, 11) is 0. The van der Waals surface area contributed by atoms with E-state index in [1.54, 1.807) is 2.43 Å². The van der Waals surface area contributed by atoms with Crippen LogP contribution in [0.25, 0.3) is 0 Å². The van der Waals surface area contributed by atoms with E-state index in [1.807, 2.05) is 4.87 Å². The van der Waals surface area contributed by atoms with Crippen molar-refractivity contribution in [1.29, 1.82) is 0 Å². The predicted octanol–water partition coefficient (Wildman–Crippen LogP) is -2.32. The molecule has 0 aliphatic carbocycles. The zero-order valence-corrected chi connectivity index (χ0v) is 17.3. The van der Waals surface area contributed by atoms with E-state index in [0.717, 1.165) is 34.5 Å². The molecule has 62 valence electrons. The van der Waals surface area contributed by atoms with Crippen molar-refractivity contribution < 1.29 is 34.5 Å². The number of hydrogen-bond donors (Lipinski definition) is 0. The van der Waals surface area contributed by atoms with E-state index in [4.69, 9.17) is 0 Å². The second-order valence-corrected chi connectivity index (χ2v) is 51.9. The molecule has 1 heterocycles. The van der Waals surface area contributed by atoms with Crippen LogP contribution in [-0.4, -0.2) is 7.30 Å². The molecule has 0 aromatic carbocycles. The van der Waals surface area contributed by atoms with Crippen LogP contribution < -0.4 is 34.5 Å². The monoisotopic (exact) mass is 803 g/mol. The molecule has 1 rings (SSSR count). The van der Waals surface area contributed by atoms with Gasteiger partial charge in [-0.2, -0.15) is 0 Å². The molecule has 1 saturated heterocycles. The number of hydrogen-bond acceptors (Lipinski definition) is 0. The van der Waals surface area contributed by atoms with E-state index >= 15 is 0 Å². The van der Waals surface area contributed by atoms with Crippen LogP contribution in [0.15, 0.2) is 0 Å². The molecule has 1 aliphatic heterocycles. The summed E-state index contributed by atoms with van der Waals surface area (Å²) < 4.78 is 5.50. The summed E-state index contributed by atoms with van der Waals surface area (Å²) in [5.41, 5.74) is 0. The molecule has 1 aliphatic rings. The summed E-state index contributed by atoms with van der Waals surface area (Å²) in [6.45, 7) is 0. The maximum atomic E-state index is 2.83. The minimum absolute atomic E-state index is 0.113. The van der Waals surface area contributed by atoms with Crippen molar-refractivity contribution in [3.05, 3.63) is 0 Å². The first kappa shape index (κ1) is 11.5. The van der Waals surface area contributed by atoms with E-state index in [9.17, 15) is 0 Å². The molecule has 0 unspecified atom stereocenters. The Kier molecular flexibility index (Phi) is 8.63. The van der Waals surface area contributed by atoms with Crippen molar-refractivity contribution in [2.24, 2.45) is 0 Å². The first-order chi connectivity index (χ1) is 4.33. The van der Waals surface area contributed by atoms with Gasteiger partial charge in [-0.25, -0.2) is 0 Å². The Bertz CT molecular complexity index is 84.4. The van der Waals surface area contributed by atoms with Crippen molar-refractivity contribution in [3.8, 4) is 0 Å². The molecule has 0 radical (unpaired) electrons. The van der Waals surface area contributed by atoms with Gasteiger partial charge in [0, 0.05) is 0 Å². The van der Waals surface area contributed by atoms with Crippen LogP contribution in [0.1, 0.15) is 0 Å². The van der Waals surface area contributed by atoms with Gasteiger partial charge < -0.3 is 0 Å². The van der Waals surface area contributed by atoms with E-state index in [2.05, 4.69) is 37.2 Å². The van der Waals surface area contributed by atoms with Crippen LogP contribution in [-0.2, 0) is 0 Å². The summed E-state index contributed by atoms with van der Waals surface area (Å²) in [5, 5.41) is 0. The second-order valence-electron chi connectivity index (χ2n) is 1.33. The summed E-state index contributed by atoms with van der Waals surface area (Å²) >= 11 is 6.78. The quantitative estimate of drug-likeness (QED) is 0.207. The Morgan fingerprint density at radius 2 is 2.22 bits per heavy atom. The van der Waals surface area contributed by atoms with Crippen molar-refractivity contribution in [3.63, 3.8) is 0 Å². The van der Waals surface area contributed by atoms with Crippen molar-refractivity contribution >= 4 is 68.9 Å². The molecule has 0 nitrogen and oxygen atoms in total. The topological polar surface area (TPSA) is 0 Å². The molecule has 0 spiro atoms. The number of halogens is 6. The van der Waals surface area contributed by atoms with Gasteiger partial charge in [0.15, 0.2) is 0 Å². The van der Waals surface area contributed by atoms with Gasteiger partial charge >= 0.3 is 111 Å². The Hall–Kier alpha value is 4.38. The number of alkyl halides is 6. The average Bonchev–Trinajstić information content (AvgIpc) is 1.88. The van der Waals surface area contributed by atoms with Gasteiger partial charge in [-0.05, 0) is 0 Å². The molecule has 0 atom stereocenters. The molecule has 9 heavy (non-hydrogen) atoms. The zero-order valence-electron chi connectivity index (χ0n) is 4.39. The summed E-state index contributed by atoms with van der Waals surface area (Å²) in [6, 6.07) is 0. The standard InChI is InChI=1S/C3H6I6/c4-7-9-2-6-1-8(5)3-9/h1-3H2/q-2. The van der Waals surface area contributed by atoms with Crippen LogP contribution in [0.2, 0.25) is 0 Å². The Morgan fingerprint density at radius 1 is 1.44 bits per heavy atom. The second kappa shape index (κ2) is 6.78. The van der Waals surface area contributed by atoms with E-state index in [-0.39, 0.29) is 31.7 Å². The molecular formula is C3H6I6-2. The average molecular weight is 804 g/mol. The number of rotatable bonds is 1. The van der Waals surface area contributed by atoms with Crippen LogP contribution in [0.5, 0.6) is 0 Å². The van der Waals surface area contributed by atoms with Gasteiger partial charge in [-0.3, -0.25) is 0 Å². The minimum atomic E-state index is -0.211. The molecule has 0 saturated carbocycles. The van der Waals surface area contributed by atoms with Gasteiger partial charge in [0.1, 0.15) is 0 Å². The molecule has 0 amide bonds. The Morgan fingerprint density at radius 3 is 2.67 bits per heavy atom. The molecule has 0 aromatic heterocycles. The van der Waals surface area contributed by atoms with Crippen molar-refractivity contribution in [2.45, 2.75) is 0 Å². The fourth-order valence-corrected chi connectivity index (χ4v) is 152. The summed E-state index contributed by atoms with van der Waals surface area (Å²) in [4.78, 5) is 0. The SMILES string of the molecule is I[I-]I1C[I-]CI(I)C1. The van der Waals surface area contributed by atoms with Gasteiger partial charge in [-0.1, -0.05) is 0 Å². The van der Waals surface area contributed by atoms with Gasteiger partial charge in [0.2, 0.25) is 0 Å². The Labute approximate surface area is 107 Å². The maximum absolute atomic E-state index is 2.83. The van der Waals surface area contributed by atoms with Crippen LogP contribution in [0, 0.1) is 0 Å². The van der Waals surface area contributed by atoms with E-state index in [0.29, 0.717) is 0 Å². The van der Waals surface area contributed by atoms with Crippen molar-refractivity contribution in [1.82, 2.24) is 0 Å². The van der Waals surface area contributed by atoms with Gasteiger partial charge in [-0.15, -0.1) is 0 Å². The molecular weight excluding hydrogens is 797 g/mol. The van der Waals surface area contributed by atoms with Crippen LogP contribution in [0.4, 0.5) is 0 Å². The molecule has 1 fully saturated rings. The fourth-order valence-electron chi connectivity index (χ4n) is 0.384. The van der Waals surface area contributed by atoms with Gasteiger partial charge in [0.25, 0.3) is 0 Å². The summed E-state index contributed by atoms with van der Waals surface area (Å²) in [6.07, 6.45) is 0. The first-order valence-electron chi connectivity index (χ1n) is 2.03. The van der Waals surface area contributed by atoms with Crippen LogP contribution in [0.3, 0.4) is 0 Å². The molecule has 0 N–H and O–H groups in total. The van der Waals surface area contributed by atoms with Gasteiger partial charge in [0.05, 0.1) is 0 Å². The first-order valence-corrected chi connectivity index (χ1v) is 30.0. The third kappa shape index (κ3) is 4.97. The molecule has 6 heteroatoms. The fraction of sp³-hybridized carbons (Fsp3) is 1.00. The van der Waals surface area contributed by atoms with E-state index < -0.39 is 0 Å².